The van der Waals surface area contributed by atoms with Crippen LogP contribution in [0.5, 0.6) is 0 Å². The van der Waals surface area contributed by atoms with Gasteiger partial charge in [-0.3, -0.25) is 0 Å². The maximum absolute atomic E-state index is 4.10. The lowest BCUT2D eigenvalue weighted by molar-refractivity contribution is 0.402. The van der Waals surface area contributed by atoms with Gasteiger partial charge in [0.15, 0.2) is 0 Å². The van der Waals surface area contributed by atoms with Crippen LogP contribution in [0.3, 0.4) is 0 Å². The first-order valence-electron chi connectivity index (χ1n) is 5.29. The van der Waals surface area contributed by atoms with Crippen LogP contribution < -0.4 is 0 Å². The Bertz CT molecular complexity index is 434. The molecule has 1 aromatic heterocycles. The predicted molar refractivity (Wildman–Crippen MR) is 63.0 cm³/mol. The average Bonchev–Trinajstić information content (AvgIpc) is 2.70. The van der Waals surface area contributed by atoms with Gasteiger partial charge in [-0.25, -0.2) is 9.67 Å². The average molecular weight is 216 g/mol. The minimum absolute atomic E-state index is 0.779. The molecule has 0 amide bonds. The lowest BCUT2D eigenvalue weighted by Gasteiger charge is -2.10. The van der Waals surface area contributed by atoms with E-state index in [9.17, 15) is 0 Å². The first-order valence-corrected chi connectivity index (χ1v) is 5.29. The second-order valence-electron chi connectivity index (χ2n) is 4.15. The van der Waals surface area contributed by atoms with E-state index >= 15 is 0 Å². The van der Waals surface area contributed by atoms with Crippen molar-refractivity contribution in [1.29, 1.82) is 0 Å². The summed E-state index contributed by atoms with van der Waals surface area (Å²) in [5, 5.41) is 4.10. The Balaban J connectivity index is 2.10. The number of hydrogen-bond donors (Lipinski definition) is 0. The fraction of sp³-hybridized carbons (Fsp3) is 0.333. The molecule has 0 fully saturated rings. The zero-order valence-electron chi connectivity index (χ0n) is 9.67. The van der Waals surface area contributed by atoms with Crippen LogP contribution in [0, 0.1) is 0 Å². The van der Waals surface area contributed by atoms with E-state index in [2.05, 4.69) is 53.3 Å². The molecule has 0 bridgehead atoms. The predicted octanol–water partition coefficient (Wildman–Crippen LogP) is 1.39. The summed E-state index contributed by atoms with van der Waals surface area (Å²) in [5.74, 6) is 0. The van der Waals surface area contributed by atoms with Crippen LogP contribution in [0.25, 0.3) is 0 Å². The number of nitrogens with zero attached hydrogens (tertiary/aromatic N) is 4. The summed E-state index contributed by atoms with van der Waals surface area (Å²) in [6, 6.07) is 8.55. The smallest absolute Gasteiger partial charge is 0.137 e. The van der Waals surface area contributed by atoms with Gasteiger partial charge >= 0.3 is 0 Å². The third-order valence-corrected chi connectivity index (χ3v) is 2.30. The molecule has 0 aliphatic carbocycles. The van der Waals surface area contributed by atoms with Crippen molar-refractivity contribution in [3.05, 3.63) is 48.0 Å². The van der Waals surface area contributed by atoms with Gasteiger partial charge in [-0.2, -0.15) is 5.10 Å². The van der Waals surface area contributed by atoms with E-state index in [-0.39, 0.29) is 0 Å². The highest BCUT2D eigenvalue weighted by Gasteiger charge is 1.99. The van der Waals surface area contributed by atoms with Gasteiger partial charge < -0.3 is 4.90 Å². The number of rotatable bonds is 4. The molecule has 1 aromatic carbocycles. The van der Waals surface area contributed by atoms with Gasteiger partial charge in [0.25, 0.3) is 0 Å². The van der Waals surface area contributed by atoms with E-state index in [0.29, 0.717) is 0 Å². The zero-order chi connectivity index (χ0) is 11.4. The molecule has 0 aliphatic heterocycles. The molecule has 16 heavy (non-hydrogen) atoms. The van der Waals surface area contributed by atoms with Gasteiger partial charge in [0.1, 0.15) is 12.7 Å². The fourth-order valence-corrected chi connectivity index (χ4v) is 1.69. The van der Waals surface area contributed by atoms with Crippen molar-refractivity contribution in [3.8, 4) is 0 Å². The molecule has 0 saturated heterocycles. The van der Waals surface area contributed by atoms with Crippen LogP contribution in [0.15, 0.2) is 36.9 Å². The molecule has 0 radical (unpaired) electrons. The van der Waals surface area contributed by atoms with Crippen LogP contribution >= 0.6 is 0 Å². The van der Waals surface area contributed by atoms with Crippen molar-refractivity contribution < 1.29 is 0 Å². The normalized spacial score (nSPS) is 10.9. The topological polar surface area (TPSA) is 34.0 Å². The van der Waals surface area contributed by atoms with E-state index in [4.69, 9.17) is 0 Å². The molecule has 84 valence electrons. The van der Waals surface area contributed by atoms with E-state index in [0.717, 1.165) is 13.1 Å². The highest BCUT2D eigenvalue weighted by molar-refractivity contribution is 5.23. The standard InChI is InChI=1S/C12H16N4/c1-15(2)7-11-4-3-5-12(6-11)8-16-10-13-9-14-16/h3-6,9-10H,7-8H2,1-2H3. The van der Waals surface area contributed by atoms with Gasteiger partial charge in [0.05, 0.1) is 6.54 Å². The summed E-state index contributed by atoms with van der Waals surface area (Å²) < 4.78 is 1.83. The molecule has 0 aliphatic rings. The highest BCUT2D eigenvalue weighted by Crippen LogP contribution is 2.08. The van der Waals surface area contributed by atoms with Gasteiger partial charge in [-0.1, -0.05) is 24.3 Å². The minimum atomic E-state index is 0.779. The summed E-state index contributed by atoms with van der Waals surface area (Å²) in [6.45, 7) is 1.74. The summed E-state index contributed by atoms with van der Waals surface area (Å²) in [7, 11) is 4.15. The minimum Gasteiger partial charge on any atom is -0.305 e. The zero-order valence-corrected chi connectivity index (χ0v) is 9.67. The van der Waals surface area contributed by atoms with E-state index < -0.39 is 0 Å². The summed E-state index contributed by atoms with van der Waals surface area (Å²) in [4.78, 5) is 6.09. The number of benzene rings is 1. The van der Waals surface area contributed by atoms with Gasteiger partial charge in [0, 0.05) is 6.54 Å². The van der Waals surface area contributed by atoms with Crippen molar-refractivity contribution in [2.45, 2.75) is 13.1 Å². The van der Waals surface area contributed by atoms with Crippen molar-refractivity contribution in [2.24, 2.45) is 0 Å². The maximum atomic E-state index is 4.10. The van der Waals surface area contributed by atoms with Crippen LogP contribution in [-0.2, 0) is 13.1 Å². The Morgan fingerprint density at radius 1 is 1.25 bits per heavy atom. The van der Waals surface area contributed by atoms with E-state index in [1.165, 1.54) is 11.1 Å². The van der Waals surface area contributed by atoms with Crippen molar-refractivity contribution in [2.75, 3.05) is 14.1 Å². The molecular weight excluding hydrogens is 200 g/mol. The second kappa shape index (κ2) is 4.90. The Morgan fingerprint density at radius 3 is 2.75 bits per heavy atom. The first kappa shape index (κ1) is 10.8. The molecule has 0 saturated carbocycles. The highest BCUT2D eigenvalue weighted by atomic mass is 15.3. The summed E-state index contributed by atoms with van der Waals surface area (Å²) >= 11 is 0. The Kier molecular flexibility index (Phi) is 3.31. The fourth-order valence-electron chi connectivity index (χ4n) is 1.69. The lowest BCUT2D eigenvalue weighted by atomic mass is 10.1. The quantitative estimate of drug-likeness (QED) is 0.774. The molecule has 0 N–H and O–H groups in total. The van der Waals surface area contributed by atoms with Gasteiger partial charge in [-0.05, 0) is 25.2 Å². The maximum Gasteiger partial charge on any atom is 0.137 e. The molecule has 0 atom stereocenters. The molecular formula is C12H16N4. The Morgan fingerprint density at radius 2 is 2.06 bits per heavy atom. The lowest BCUT2D eigenvalue weighted by Crippen LogP contribution is -2.11. The first-order chi connectivity index (χ1) is 7.74. The summed E-state index contributed by atoms with van der Waals surface area (Å²) in [5.41, 5.74) is 2.58. The third kappa shape index (κ3) is 2.90. The summed E-state index contributed by atoms with van der Waals surface area (Å²) in [6.07, 6.45) is 3.29. The molecule has 4 heteroatoms. The van der Waals surface area contributed by atoms with Crippen LogP contribution in [-0.4, -0.2) is 33.8 Å². The number of hydrogen-bond acceptors (Lipinski definition) is 3. The van der Waals surface area contributed by atoms with Crippen LogP contribution in [0.1, 0.15) is 11.1 Å². The molecule has 1 heterocycles. The molecule has 0 unspecified atom stereocenters. The molecule has 2 aromatic rings. The van der Waals surface area contributed by atoms with Crippen LogP contribution in [0.2, 0.25) is 0 Å². The SMILES string of the molecule is CN(C)Cc1cccc(Cn2cncn2)c1. The molecule has 4 nitrogen and oxygen atoms in total. The number of aromatic nitrogens is 3. The van der Waals surface area contributed by atoms with Crippen molar-refractivity contribution in [3.63, 3.8) is 0 Å². The Hall–Kier alpha value is -1.68. The van der Waals surface area contributed by atoms with E-state index in [1.807, 2.05) is 4.68 Å². The van der Waals surface area contributed by atoms with Crippen molar-refractivity contribution in [1.82, 2.24) is 19.7 Å². The van der Waals surface area contributed by atoms with Gasteiger partial charge in [0.2, 0.25) is 0 Å². The largest absolute Gasteiger partial charge is 0.305 e. The second-order valence-corrected chi connectivity index (χ2v) is 4.15. The third-order valence-electron chi connectivity index (χ3n) is 2.30. The van der Waals surface area contributed by atoms with Gasteiger partial charge in [-0.15, -0.1) is 0 Å². The molecule has 2 rings (SSSR count). The van der Waals surface area contributed by atoms with Crippen molar-refractivity contribution >= 4 is 0 Å². The van der Waals surface area contributed by atoms with E-state index in [1.54, 1.807) is 12.7 Å². The Labute approximate surface area is 95.5 Å². The monoisotopic (exact) mass is 216 g/mol. The van der Waals surface area contributed by atoms with Crippen LogP contribution in [0.4, 0.5) is 0 Å². The molecule has 0 spiro atoms.